The van der Waals surface area contributed by atoms with Gasteiger partial charge in [-0.05, 0) is 32.1 Å². The van der Waals surface area contributed by atoms with Crippen LogP contribution >= 0.6 is 0 Å². The van der Waals surface area contributed by atoms with Crippen LogP contribution in [0.15, 0.2) is 60.8 Å². The lowest BCUT2D eigenvalue weighted by molar-refractivity contribution is -0.125. The van der Waals surface area contributed by atoms with Crippen LogP contribution in [0.25, 0.3) is 10.9 Å². The van der Waals surface area contributed by atoms with Crippen LogP contribution < -0.4 is 5.32 Å². The molecule has 0 bridgehead atoms. The number of rotatable bonds is 7. The third-order valence-electron chi connectivity index (χ3n) is 4.51. The molecule has 0 saturated heterocycles. The highest BCUT2D eigenvalue weighted by atomic mass is 16.2. The predicted molar refractivity (Wildman–Crippen MR) is 103 cm³/mol. The van der Waals surface area contributed by atoms with Crippen molar-refractivity contribution >= 4 is 22.6 Å². The fourth-order valence-corrected chi connectivity index (χ4v) is 3.03. The zero-order valence-electron chi connectivity index (χ0n) is 15.0. The molecule has 1 aromatic heterocycles. The van der Waals surface area contributed by atoms with Gasteiger partial charge in [-0.2, -0.15) is 0 Å². The van der Waals surface area contributed by atoms with Crippen molar-refractivity contribution in [2.45, 2.75) is 12.5 Å². The molecule has 0 aliphatic carbocycles. The molecule has 0 saturated carbocycles. The lowest BCUT2D eigenvalue weighted by Gasteiger charge is -2.23. The first-order chi connectivity index (χ1) is 12.6. The number of aromatic amines is 1. The fraction of sp³-hybridized carbons (Fsp3) is 0.238. The Morgan fingerprint density at radius 3 is 2.46 bits per heavy atom. The molecule has 0 aliphatic rings. The quantitative estimate of drug-likeness (QED) is 0.645. The van der Waals surface area contributed by atoms with E-state index in [4.69, 9.17) is 0 Å². The van der Waals surface area contributed by atoms with E-state index in [1.807, 2.05) is 73.6 Å². The van der Waals surface area contributed by atoms with Crippen molar-refractivity contribution in [2.75, 3.05) is 20.6 Å². The third kappa shape index (κ3) is 4.00. The average molecular weight is 349 g/mol. The van der Waals surface area contributed by atoms with E-state index in [-0.39, 0.29) is 24.3 Å². The summed E-state index contributed by atoms with van der Waals surface area (Å²) in [5, 5.41) is 3.67. The molecule has 0 spiro atoms. The Hall–Kier alpha value is -2.92. The Bertz CT molecular complexity index is 900. The van der Waals surface area contributed by atoms with E-state index in [9.17, 15) is 9.59 Å². The van der Waals surface area contributed by atoms with E-state index in [0.717, 1.165) is 16.5 Å². The molecule has 1 heterocycles. The molecule has 0 unspecified atom stereocenters. The van der Waals surface area contributed by atoms with Gasteiger partial charge in [0.05, 0.1) is 12.6 Å². The summed E-state index contributed by atoms with van der Waals surface area (Å²) in [5.41, 5.74) is 2.60. The number of H-pyrrole nitrogens is 1. The second-order valence-electron chi connectivity index (χ2n) is 6.56. The van der Waals surface area contributed by atoms with Crippen LogP contribution in [0.5, 0.6) is 0 Å². The Balaban J connectivity index is 1.65. The van der Waals surface area contributed by atoms with Gasteiger partial charge in [-0.1, -0.05) is 48.5 Å². The molecule has 3 aromatic rings. The van der Waals surface area contributed by atoms with Gasteiger partial charge in [0.1, 0.15) is 0 Å². The number of benzene rings is 2. The summed E-state index contributed by atoms with van der Waals surface area (Å²) >= 11 is 0. The van der Waals surface area contributed by atoms with Gasteiger partial charge in [-0.15, -0.1) is 0 Å². The molecule has 1 atom stereocenters. The number of nitrogens with zero attached hydrogens (tertiary/aromatic N) is 1. The van der Waals surface area contributed by atoms with Crippen LogP contribution in [0.2, 0.25) is 0 Å². The van der Waals surface area contributed by atoms with Gasteiger partial charge in [-0.3, -0.25) is 14.5 Å². The van der Waals surface area contributed by atoms with Crippen LogP contribution in [-0.2, 0) is 11.2 Å². The van der Waals surface area contributed by atoms with Gasteiger partial charge < -0.3 is 10.3 Å². The van der Waals surface area contributed by atoms with E-state index in [0.29, 0.717) is 12.0 Å². The number of amides is 1. The van der Waals surface area contributed by atoms with Crippen LogP contribution in [0.4, 0.5) is 0 Å². The van der Waals surface area contributed by atoms with Crippen molar-refractivity contribution in [1.29, 1.82) is 0 Å². The molecule has 0 radical (unpaired) electrons. The van der Waals surface area contributed by atoms with Crippen molar-refractivity contribution in [1.82, 2.24) is 15.2 Å². The molecule has 5 nitrogen and oxygen atoms in total. The number of nitrogens with one attached hydrogen (secondary N) is 2. The minimum atomic E-state index is -0.326. The number of carbonyl (C=O) groups excluding carboxylic acids is 2. The molecule has 0 aliphatic heterocycles. The molecule has 3 rings (SSSR count). The smallest absolute Gasteiger partial charge is 0.238 e. The number of hydrogen-bond donors (Lipinski definition) is 2. The lowest BCUT2D eigenvalue weighted by atomic mass is 10.0. The number of carbonyl (C=O) groups is 2. The van der Waals surface area contributed by atoms with Gasteiger partial charge in [0.25, 0.3) is 0 Å². The highest BCUT2D eigenvalue weighted by Crippen LogP contribution is 2.17. The highest BCUT2D eigenvalue weighted by molar-refractivity contribution is 6.09. The summed E-state index contributed by atoms with van der Waals surface area (Å²) in [4.78, 5) is 30.1. The van der Waals surface area contributed by atoms with Crippen molar-refractivity contribution in [3.8, 4) is 0 Å². The maximum Gasteiger partial charge on any atom is 0.238 e. The summed E-state index contributed by atoms with van der Waals surface area (Å²) in [6, 6.07) is 17.2. The average Bonchev–Trinajstić information content (AvgIpc) is 3.09. The van der Waals surface area contributed by atoms with E-state index in [1.165, 1.54) is 0 Å². The first kappa shape index (κ1) is 17.9. The molecule has 134 valence electrons. The first-order valence-corrected chi connectivity index (χ1v) is 8.63. The number of ketones is 1. The van der Waals surface area contributed by atoms with Crippen LogP contribution in [0.1, 0.15) is 15.9 Å². The monoisotopic (exact) mass is 349 g/mol. The molecule has 2 N–H and O–H groups in total. The predicted octanol–water partition coefficient (Wildman–Crippen LogP) is 2.64. The topological polar surface area (TPSA) is 65.2 Å². The van der Waals surface area contributed by atoms with Gasteiger partial charge in [0, 0.05) is 22.7 Å². The minimum absolute atomic E-state index is 0.0141. The summed E-state index contributed by atoms with van der Waals surface area (Å²) in [5.74, 6) is -0.250. The Kier molecular flexibility index (Phi) is 5.49. The minimum Gasteiger partial charge on any atom is -0.360 e. The largest absolute Gasteiger partial charge is 0.360 e. The summed E-state index contributed by atoms with van der Waals surface area (Å²) in [6.07, 6.45) is 2.30. The molecule has 26 heavy (non-hydrogen) atoms. The number of para-hydroxylation sites is 1. The number of fused-ring (bicyclic) bond motifs is 1. The van der Waals surface area contributed by atoms with Gasteiger partial charge >= 0.3 is 0 Å². The number of aromatic nitrogens is 1. The SMILES string of the molecule is CN(C)[C@@H](Cc1ccccc1)C(=O)NCC(=O)c1c[nH]c2ccccc12. The first-order valence-electron chi connectivity index (χ1n) is 8.63. The normalized spacial score (nSPS) is 12.3. The van der Waals surface area contributed by atoms with E-state index in [2.05, 4.69) is 10.3 Å². The highest BCUT2D eigenvalue weighted by Gasteiger charge is 2.22. The molecular formula is C21H23N3O2. The van der Waals surface area contributed by atoms with Crippen molar-refractivity contribution < 1.29 is 9.59 Å². The number of likely N-dealkylation sites (N-methyl/N-ethyl adjacent to an activating group) is 1. The van der Waals surface area contributed by atoms with Crippen LogP contribution in [-0.4, -0.2) is 48.3 Å². The zero-order valence-corrected chi connectivity index (χ0v) is 15.0. The molecule has 1 amide bonds. The second-order valence-corrected chi connectivity index (χ2v) is 6.56. The molecular weight excluding hydrogens is 326 g/mol. The molecule has 2 aromatic carbocycles. The van der Waals surface area contributed by atoms with Crippen molar-refractivity contribution in [3.63, 3.8) is 0 Å². The zero-order chi connectivity index (χ0) is 18.5. The van der Waals surface area contributed by atoms with Crippen molar-refractivity contribution in [2.24, 2.45) is 0 Å². The molecule has 5 heteroatoms. The van der Waals surface area contributed by atoms with Crippen LogP contribution in [0, 0.1) is 0 Å². The third-order valence-corrected chi connectivity index (χ3v) is 4.51. The van der Waals surface area contributed by atoms with Crippen molar-refractivity contribution in [3.05, 3.63) is 71.9 Å². The Morgan fingerprint density at radius 2 is 1.73 bits per heavy atom. The number of Topliss-reactive ketones (excluding diaryl/α,β-unsaturated/α-hetero) is 1. The lowest BCUT2D eigenvalue weighted by Crippen LogP contribution is -2.46. The fourth-order valence-electron chi connectivity index (χ4n) is 3.03. The summed E-state index contributed by atoms with van der Waals surface area (Å²) in [6.45, 7) is -0.0141. The van der Waals surface area contributed by atoms with Crippen LogP contribution in [0.3, 0.4) is 0 Å². The van der Waals surface area contributed by atoms with E-state index in [1.54, 1.807) is 6.20 Å². The van der Waals surface area contributed by atoms with Gasteiger partial charge in [0.2, 0.25) is 5.91 Å². The van der Waals surface area contributed by atoms with E-state index >= 15 is 0 Å². The Labute approximate surface area is 153 Å². The maximum atomic E-state index is 12.6. The summed E-state index contributed by atoms with van der Waals surface area (Å²) in [7, 11) is 3.74. The number of hydrogen-bond acceptors (Lipinski definition) is 3. The maximum absolute atomic E-state index is 12.6. The van der Waals surface area contributed by atoms with Gasteiger partial charge in [0.15, 0.2) is 5.78 Å². The Morgan fingerprint density at radius 1 is 1.04 bits per heavy atom. The standard InChI is InChI=1S/C21H23N3O2/c1-24(2)19(12-15-8-4-3-5-9-15)21(26)23-14-20(25)17-13-22-18-11-7-6-10-16(17)18/h3-11,13,19,22H,12,14H2,1-2H3,(H,23,26)/t19-/m0/s1. The summed E-state index contributed by atoms with van der Waals surface area (Å²) < 4.78 is 0. The van der Waals surface area contributed by atoms with E-state index < -0.39 is 0 Å². The molecule has 0 fully saturated rings. The second kappa shape index (κ2) is 7.97. The van der Waals surface area contributed by atoms with Gasteiger partial charge in [-0.25, -0.2) is 0 Å².